The fourth-order valence-corrected chi connectivity index (χ4v) is 4.32. The van der Waals surface area contributed by atoms with Crippen LogP contribution in [-0.4, -0.2) is 52.0 Å². The van der Waals surface area contributed by atoms with Crippen molar-refractivity contribution in [2.24, 2.45) is 0 Å². The van der Waals surface area contributed by atoms with Crippen molar-refractivity contribution < 1.29 is 35.9 Å². The van der Waals surface area contributed by atoms with Gasteiger partial charge in [-0.05, 0) is 42.5 Å². The molecule has 3 rings (SSSR count). The van der Waals surface area contributed by atoms with Gasteiger partial charge in [0.25, 0.3) is 5.91 Å². The van der Waals surface area contributed by atoms with Crippen molar-refractivity contribution in [3.8, 4) is 5.75 Å². The molecule has 0 atom stereocenters. The fourth-order valence-electron chi connectivity index (χ4n) is 2.89. The summed E-state index contributed by atoms with van der Waals surface area (Å²) in [6, 6.07) is 7.69. The number of morpholine rings is 1. The lowest BCUT2D eigenvalue weighted by Gasteiger charge is -2.26. The van der Waals surface area contributed by atoms with Crippen LogP contribution >= 0.6 is 0 Å². The van der Waals surface area contributed by atoms with Crippen molar-refractivity contribution >= 4 is 21.6 Å². The van der Waals surface area contributed by atoms with E-state index in [9.17, 15) is 26.4 Å². The maximum Gasteiger partial charge on any atom is 0.416 e. The number of rotatable bonds is 5. The van der Waals surface area contributed by atoms with Gasteiger partial charge in [-0.2, -0.15) is 17.5 Å². The summed E-state index contributed by atoms with van der Waals surface area (Å²) in [5.41, 5.74) is -0.821. The van der Waals surface area contributed by atoms with Gasteiger partial charge in [0.15, 0.2) is 0 Å². The van der Waals surface area contributed by atoms with Crippen molar-refractivity contribution in [1.82, 2.24) is 4.31 Å². The summed E-state index contributed by atoms with van der Waals surface area (Å²) >= 11 is 0. The van der Waals surface area contributed by atoms with Gasteiger partial charge in [0, 0.05) is 18.7 Å². The number of hydrogen-bond acceptors (Lipinski definition) is 5. The predicted octanol–water partition coefficient (Wildman–Crippen LogP) is 2.99. The Balaban J connectivity index is 1.86. The maximum absolute atomic E-state index is 12.8. The second-order valence-electron chi connectivity index (χ2n) is 6.41. The number of benzene rings is 2. The number of sulfonamides is 1. The molecule has 1 heterocycles. The molecule has 30 heavy (non-hydrogen) atoms. The van der Waals surface area contributed by atoms with Crippen LogP contribution in [0.2, 0.25) is 0 Å². The molecule has 2 aromatic carbocycles. The van der Waals surface area contributed by atoms with Gasteiger partial charge < -0.3 is 14.8 Å². The van der Waals surface area contributed by atoms with Gasteiger partial charge in [-0.3, -0.25) is 4.79 Å². The zero-order valence-corrected chi connectivity index (χ0v) is 16.7. The number of carbonyl (C=O) groups excluding carboxylic acids is 1. The third kappa shape index (κ3) is 4.74. The van der Waals surface area contributed by atoms with Gasteiger partial charge in [-0.25, -0.2) is 8.42 Å². The van der Waals surface area contributed by atoms with E-state index in [0.29, 0.717) is 0 Å². The summed E-state index contributed by atoms with van der Waals surface area (Å²) in [5.74, 6) is -0.501. The molecule has 0 unspecified atom stereocenters. The van der Waals surface area contributed by atoms with E-state index < -0.39 is 27.7 Å². The van der Waals surface area contributed by atoms with Crippen LogP contribution < -0.4 is 10.1 Å². The van der Waals surface area contributed by atoms with Crippen LogP contribution in [0, 0.1) is 0 Å². The van der Waals surface area contributed by atoms with E-state index in [0.717, 1.165) is 24.3 Å². The number of carbonyl (C=O) groups is 1. The second kappa shape index (κ2) is 8.62. The van der Waals surface area contributed by atoms with Gasteiger partial charge >= 0.3 is 6.18 Å². The second-order valence-corrected chi connectivity index (χ2v) is 8.35. The molecular formula is C19H19F3N2O5S. The summed E-state index contributed by atoms with van der Waals surface area (Å²) in [7, 11) is -2.46. The third-order valence-electron chi connectivity index (χ3n) is 4.50. The lowest BCUT2D eigenvalue weighted by molar-refractivity contribution is -0.137. The third-order valence-corrected chi connectivity index (χ3v) is 6.40. The van der Waals surface area contributed by atoms with E-state index in [1.165, 1.54) is 29.6 Å². The van der Waals surface area contributed by atoms with Gasteiger partial charge in [0.1, 0.15) is 5.75 Å². The monoisotopic (exact) mass is 444 g/mol. The Labute approximate surface area is 171 Å². The minimum absolute atomic E-state index is 0.0218. The fraction of sp³-hybridized carbons (Fsp3) is 0.316. The number of anilines is 1. The molecule has 1 aliphatic rings. The first kappa shape index (κ1) is 22.1. The molecule has 2 aromatic rings. The molecule has 0 aromatic heterocycles. The zero-order valence-electron chi connectivity index (χ0n) is 15.9. The molecular weight excluding hydrogens is 425 g/mol. The normalized spacial score (nSPS) is 15.6. The highest BCUT2D eigenvalue weighted by atomic mass is 32.2. The molecule has 1 fully saturated rings. The average Bonchev–Trinajstić information content (AvgIpc) is 2.73. The van der Waals surface area contributed by atoms with Crippen molar-refractivity contribution in [3.63, 3.8) is 0 Å². The van der Waals surface area contributed by atoms with Gasteiger partial charge in [0.05, 0.1) is 36.5 Å². The van der Waals surface area contributed by atoms with E-state index in [4.69, 9.17) is 9.47 Å². The number of alkyl halides is 3. The molecule has 0 aliphatic carbocycles. The van der Waals surface area contributed by atoms with Crippen LogP contribution in [0.15, 0.2) is 47.4 Å². The van der Waals surface area contributed by atoms with Crippen molar-refractivity contribution in [2.45, 2.75) is 11.1 Å². The van der Waals surface area contributed by atoms with E-state index in [1.54, 1.807) is 0 Å². The highest BCUT2D eigenvalue weighted by Crippen LogP contribution is 2.31. The Kier molecular flexibility index (Phi) is 6.34. The Hall–Kier alpha value is -2.63. The zero-order chi connectivity index (χ0) is 21.9. The predicted molar refractivity (Wildman–Crippen MR) is 102 cm³/mol. The summed E-state index contributed by atoms with van der Waals surface area (Å²) in [4.78, 5) is 12.4. The summed E-state index contributed by atoms with van der Waals surface area (Å²) in [5, 5.41) is 2.50. The van der Waals surface area contributed by atoms with Crippen LogP contribution in [0.1, 0.15) is 15.9 Å². The highest BCUT2D eigenvalue weighted by molar-refractivity contribution is 7.89. The largest absolute Gasteiger partial charge is 0.495 e. The van der Waals surface area contributed by atoms with E-state index in [1.807, 2.05) is 0 Å². The van der Waals surface area contributed by atoms with Crippen LogP contribution in [-0.2, 0) is 20.9 Å². The topological polar surface area (TPSA) is 84.9 Å². The van der Waals surface area contributed by atoms with Crippen LogP contribution in [0.3, 0.4) is 0 Å². The Morgan fingerprint density at radius 1 is 1.10 bits per heavy atom. The summed E-state index contributed by atoms with van der Waals surface area (Å²) < 4.78 is 75.4. The molecule has 162 valence electrons. The Bertz CT molecular complexity index is 1020. The van der Waals surface area contributed by atoms with Crippen molar-refractivity contribution in [3.05, 3.63) is 53.6 Å². The molecule has 1 amide bonds. The Morgan fingerprint density at radius 2 is 1.73 bits per heavy atom. The lowest BCUT2D eigenvalue weighted by atomic mass is 10.1. The van der Waals surface area contributed by atoms with Gasteiger partial charge in [0.2, 0.25) is 10.0 Å². The van der Waals surface area contributed by atoms with E-state index in [-0.39, 0.29) is 48.2 Å². The lowest BCUT2D eigenvalue weighted by Crippen LogP contribution is -2.40. The number of nitrogens with zero attached hydrogens (tertiary/aromatic N) is 1. The molecule has 1 aliphatic heterocycles. The molecule has 11 heteroatoms. The maximum atomic E-state index is 12.8. The first-order chi connectivity index (χ1) is 14.1. The smallest absolute Gasteiger partial charge is 0.416 e. The minimum Gasteiger partial charge on any atom is -0.495 e. The number of ether oxygens (including phenoxy) is 2. The average molecular weight is 444 g/mol. The summed E-state index contributed by atoms with van der Waals surface area (Å²) in [6.45, 7) is 0.989. The number of hydrogen-bond donors (Lipinski definition) is 1. The van der Waals surface area contributed by atoms with Crippen LogP contribution in [0.25, 0.3) is 0 Å². The molecule has 0 spiro atoms. The number of methoxy groups -OCH3 is 1. The molecule has 0 saturated carbocycles. The number of nitrogens with one attached hydrogen (secondary N) is 1. The van der Waals surface area contributed by atoms with Gasteiger partial charge in [-0.1, -0.05) is 0 Å². The minimum atomic E-state index is -4.51. The SMILES string of the molecule is COc1ccc(S(=O)(=O)N2CCOCC2)cc1NC(=O)c1ccc(C(F)(F)F)cc1. The quantitative estimate of drug-likeness (QED) is 0.767. The van der Waals surface area contributed by atoms with Crippen LogP contribution in [0.4, 0.5) is 18.9 Å². The number of amides is 1. The molecule has 1 saturated heterocycles. The van der Waals surface area contributed by atoms with Crippen molar-refractivity contribution in [1.29, 1.82) is 0 Å². The molecule has 0 radical (unpaired) electrons. The molecule has 0 bridgehead atoms. The van der Waals surface area contributed by atoms with E-state index in [2.05, 4.69) is 5.32 Å². The molecule has 1 N–H and O–H groups in total. The first-order valence-corrected chi connectivity index (χ1v) is 10.3. The summed E-state index contributed by atoms with van der Waals surface area (Å²) in [6.07, 6.45) is -4.51. The van der Waals surface area contributed by atoms with Gasteiger partial charge in [-0.15, -0.1) is 0 Å². The number of halogens is 3. The highest BCUT2D eigenvalue weighted by Gasteiger charge is 2.30. The standard InChI is InChI=1S/C19H19F3N2O5S/c1-28-17-7-6-15(30(26,27)24-8-10-29-11-9-24)12-16(17)23-18(25)13-2-4-14(5-3-13)19(20,21)22/h2-7,12H,8-11H2,1H3,(H,23,25). The van der Waals surface area contributed by atoms with E-state index >= 15 is 0 Å². The van der Waals surface area contributed by atoms with Crippen molar-refractivity contribution in [2.75, 3.05) is 38.7 Å². The van der Waals surface area contributed by atoms with Crippen LogP contribution in [0.5, 0.6) is 5.75 Å². The molecule has 7 nitrogen and oxygen atoms in total. The first-order valence-electron chi connectivity index (χ1n) is 8.87. The Morgan fingerprint density at radius 3 is 2.30 bits per heavy atom.